The fourth-order valence-corrected chi connectivity index (χ4v) is 9.79. The second-order valence-electron chi connectivity index (χ2n) is 19.5. The first-order valence-corrected chi connectivity index (χ1v) is 29.0. The standard InChI is InChI=1S/C57H68FN15O12S2/c1-35(2)48(66-47(74)34-83-30-29-82-28-27-81-26-23-62-71-60)52(76)64-42(13-8-22-61-54(59)79)51(75)63-39-19-16-38(17-20-39)33-85-57(80)72(4)24-9-11-37-18-21-43(40(58)32-37)84-25-10-15-45-49(53(77)78)67-56(87-45)73(5)46-31-36(3)50(70-69-46)68-55-65-41-12-6-7-14-44(41)86-55/h6-7,12,14,16-21,31-32,35,42,48H,8,10,13,15,22-30,33-34H2,1-5H3,(H,63,75)(H,64,76)(H,66,74)(H,77,78)(H3,59,61,79)(H,65,68,70). The molecule has 0 spiro atoms. The van der Waals surface area contributed by atoms with Crippen LogP contribution in [0.5, 0.6) is 5.75 Å². The van der Waals surface area contributed by atoms with Gasteiger partial charge in [-0.15, -0.1) is 21.5 Å². The first-order valence-electron chi connectivity index (χ1n) is 27.4. The van der Waals surface area contributed by atoms with Gasteiger partial charge in [-0.2, -0.15) is 0 Å². The molecule has 8 N–H and O–H groups in total. The number of thiazole rings is 2. The molecule has 2 atom stereocenters. The molecule has 0 radical (unpaired) electrons. The molecule has 3 aromatic heterocycles. The van der Waals surface area contributed by atoms with Crippen molar-refractivity contribution in [3.8, 4) is 17.6 Å². The van der Waals surface area contributed by atoms with Crippen LogP contribution in [0.4, 0.5) is 41.6 Å². The van der Waals surface area contributed by atoms with Gasteiger partial charge in [0.1, 0.15) is 25.3 Å². The molecule has 3 aromatic carbocycles. The number of ether oxygens (including phenoxy) is 5. The van der Waals surface area contributed by atoms with Crippen molar-refractivity contribution < 1.29 is 61.9 Å². The summed E-state index contributed by atoms with van der Waals surface area (Å²) in [6.45, 7) is 6.33. The van der Waals surface area contributed by atoms with Crippen molar-refractivity contribution in [3.05, 3.63) is 116 Å². The number of aromatic carboxylic acids is 1. The van der Waals surface area contributed by atoms with Crippen LogP contribution in [0.1, 0.15) is 65.2 Å². The van der Waals surface area contributed by atoms with Crippen LogP contribution in [-0.2, 0) is 46.4 Å². The molecule has 462 valence electrons. The minimum atomic E-state index is -1.19. The monoisotopic (exact) mass is 1240 g/mol. The molecule has 3 heterocycles. The Hall–Kier alpha value is -9.24. The lowest BCUT2D eigenvalue weighted by atomic mass is 10.0. The summed E-state index contributed by atoms with van der Waals surface area (Å²) in [5.41, 5.74) is 16.3. The van der Waals surface area contributed by atoms with Gasteiger partial charge in [0.2, 0.25) is 17.7 Å². The first kappa shape index (κ1) is 66.9. The lowest BCUT2D eigenvalue weighted by Crippen LogP contribution is -2.55. The van der Waals surface area contributed by atoms with E-state index in [2.05, 4.69) is 68.6 Å². The number of nitrogens with one attached hydrogen (secondary N) is 5. The Bertz CT molecular complexity index is 3390. The molecular formula is C57H68FN15O12S2. The van der Waals surface area contributed by atoms with E-state index in [0.717, 1.165) is 15.8 Å². The molecule has 6 aromatic rings. The Morgan fingerprint density at radius 2 is 1.63 bits per heavy atom. The number of amides is 6. The van der Waals surface area contributed by atoms with E-state index in [9.17, 15) is 33.9 Å². The third kappa shape index (κ3) is 22.0. The highest BCUT2D eigenvalue weighted by molar-refractivity contribution is 7.22. The van der Waals surface area contributed by atoms with Crippen LogP contribution in [0.15, 0.2) is 77.9 Å². The zero-order valence-electron chi connectivity index (χ0n) is 48.5. The molecule has 30 heteroatoms. The number of halogens is 1. The molecular weight excluding hydrogens is 1170 g/mol. The Morgan fingerprint density at radius 1 is 0.885 bits per heavy atom. The molecule has 0 saturated carbocycles. The number of benzene rings is 3. The predicted molar refractivity (Wildman–Crippen MR) is 324 cm³/mol. The maximum absolute atomic E-state index is 15.2. The number of fused-ring (bicyclic) bond motifs is 1. The fraction of sp³-hybridized carbons (Fsp3) is 0.404. The minimum Gasteiger partial charge on any atom is -0.491 e. The zero-order valence-corrected chi connectivity index (χ0v) is 50.1. The Morgan fingerprint density at radius 3 is 2.33 bits per heavy atom. The number of hydrogen-bond donors (Lipinski definition) is 7. The molecule has 0 aliphatic heterocycles. The lowest BCUT2D eigenvalue weighted by molar-refractivity contribution is -0.134. The van der Waals surface area contributed by atoms with Gasteiger partial charge in [-0.3, -0.25) is 14.4 Å². The molecule has 0 aliphatic rings. The normalized spacial score (nSPS) is 11.5. The number of carbonyl (C=O) groups excluding carboxylic acids is 5. The Balaban J connectivity index is 0.912. The van der Waals surface area contributed by atoms with E-state index in [1.54, 1.807) is 56.1 Å². The van der Waals surface area contributed by atoms with Crippen LogP contribution in [0.2, 0.25) is 0 Å². The summed E-state index contributed by atoms with van der Waals surface area (Å²) in [5, 5.41) is 36.9. The van der Waals surface area contributed by atoms with Gasteiger partial charge in [0.05, 0.1) is 56.4 Å². The second kappa shape index (κ2) is 34.7. The topological polar surface area (TPSA) is 362 Å². The lowest BCUT2D eigenvalue weighted by Gasteiger charge is -2.25. The van der Waals surface area contributed by atoms with Crippen molar-refractivity contribution in [2.45, 2.75) is 65.1 Å². The number of nitrogens with zero attached hydrogens (tertiary/aromatic N) is 9. The van der Waals surface area contributed by atoms with E-state index in [4.69, 9.17) is 34.9 Å². The molecule has 2 unspecified atom stereocenters. The Labute approximate surface area is 508 Å². The van der Waals surface area contributed by atoms with Gasteiger partial charge in [0.15, 0.2) is 39.2 Å². The number of urea groups is 1. The number of rotatable bonds is 34. The number of hydrogen-bond acceptors (Lipinski definition) is 20. The van der Waals surface area contributed by atoms with Crippen LogP contribution in [-0.4, -0.2) is 158 Å². The summed E-state index contributed by atoms with van der Waals surface area (Å²) in [6.07, 6.45) is 0.343. The number of nitrogens with two attached hydrogens (primary N) is 1. The highest BCUT2D eigenvalue weighted by atomic mass is 32.1. The van der Waals surface area contributed by atoms with Gasteiger partial charge in [-0.25, -0.2) is 28.7 Å². The third-order valence-corrected chi connectivity index (χ3v) is 14.6. The number of azide groups is 1. The number of carboxylic acid groups (broad SMARTS) is 1. The van der Waals surface area contributed by atoms with Gasteiger partial charge >= 0.3 is 18.1 Å². The molecule has 0 fully saturated rings. The number of aromatic nitrogens is 4. The summed E-state index contributed by atoms with van der Waals surface area (Å²) < 4.78 is 43.4. The van der Waals surface area contributed by atoms with Crippen LogP contribution in [0.3, 0.4) is 0 Å². The number of anilines is 5. The van der Waals surface area contributed by atoms with E-state index in [-0.39, 0.29) is 103 Å². The summed E-state index contributed by atoms with van der Waals surface area (Å²) in [5.74, 6) is 2.65. The number of aryl methyl sites for hydroxylation is 2. The van der Waals surface area contributed by atoms with Crippen LogP contribution < -0.4 is 42.0 Å². The molecule has 0 bridgehead atoms. The van der Waals surface area contributed by atoms with Gasteiger partial charge in [-0.1, -0.05) is 66.4 Å². The molecule has 0 saturated heterocycles. The second-order valence-corrected chi connectivity index (χ2v) is 21.6. The highest BCUT2D eigenvalue weighted by Crippen LogP contribution is 2.33. The summed E-state index contributed by atoms with van der Waals surface area (Å²) >= 11 is 2.70. The summed E-state index contributed by atoms with van der Waals surface area (Å²) in [6, 6.07) is 17.4. The van der Waals surface area contributed by atoms with Gasteiger partial charge in [0, 0.05) is 48.2 Å². The molecule has 6 amide bonds. The fourth-order valence-electron chi connectivity index (χ4n) is 7.86. The van der Waals surface area contributed by atoms with Gasteiger partial charge in [0.25, 0.3) is 0 Å². The highest BCUT2D eigenvalue weighted by Gasteiger charge is 2.29. The zero-order chi connectivity index (χ0) is 62.7. The summed E-state index contributed by atoms with van der Waals surface area (Å²) in [7, 11) is 3.21. The Kier molecular flexibility index (Phi) is 26.6. The first-order chi connectivity index (χ1) is 41.9. The van der Waals surface area contributed by atoms with Crippen LogP contribution >= 0.6 is 22.7 Å². The third-order valence-electron chi connectivity index (χ3n) is 12.4. The maximum Gasteiger partial charge on any atom is 0.410 e. The quantitative estimate of drug-likeness (QED) is 0.00690. The largest absolute Gasteiger partial charge is 0.491 e. The van der Waals surface area contributed by atoms with Crippen molar-refractivity contribution >= 4 is 96.3 Å². The minimum absolute atomic E-state index is 0.0162. The van der Waals surface area contributed by atoms with E-state index >= 15 is 4.39 Å². The molecule has 6 rings (SSSR count). The van der Waals surface area contributed by atoms with Crippen molar-refractivity contribution in [1.82, 2.24) is 41.0 Å². The van der Waals surface area contributed by atoms with Gasteiger partial charge < -0.3 is 70.9 Å². The van der Waals surface area contributed by atoms with Crippen molar-refractivity contribution in [3.63, 3.8) is 0 Å². The number of primary amides is 1. The van der Waals surface area contributed by atoms with Crippen molar-refractivity contribution in [2.75, 3.05) is 95.5 Å². The molecule has 0 aliphatic carbocycles. The van der Waals surface area contributed by atoms with Crippen molar-refractivity contribution in [1.29, 1.82) is 0 Å². The number of carbonyl (C=O) groups is 6. The van der Waals surface area contributed by atoms with Crippen molar-refractivity contribution in [2.24, 2.45) is 16.8 Å². The average molecular weight is 1240 g/mol. The number of para-hydroxylation sites is 1. The summed E-state index contributed by atoms with van der Waals surface area (Å²) in [4.78, 5) is 91.2. The predicted octanol–water partition coefficient (Wildman–Crippen LogP) is 7.20. The SMILES string of the molecule is Cc1cc(N(C)c2nc(C(=O)O)c(CCCOc3ccc(C#CCN(C)C(=O)OCc4ccc(NC(=O)C(CCCNC(N)=O)NC(=O)C(NC(=O)COCCOCCOCCN=[N+]=[N-])C(C)C)cc4)cc3F)s2)nnc1Nc1nc2ccccc2s1. The molecule has 27 nitrogen and oxygen atoms in total. The van der Waals surface area contributed by atoms with Crippen LogP contribution in [0, 0.1) is 30.5 Å². The maximum atomic E-state index is 15.2. The van der Waals surface area contributed by atoms with E-state index in [1.165, 1.54) is 46.8 Å². The van der Waals surface area contributed by atoms with E-state index in [1.807, 2.05) is 37.3 Å². The number of carboxylic acids is 1. The smallest absolute Gasteiger partial charge is 0.410 e. The van der Waals surface area contributed by atoms with Gasteiger partial charge in [-0.05, 0) is 104 Å². The van der Waals surface area contributed by atoms with E-state index in [0.29, 0.717) is 56.4 Å². The van der Waals surface area contributed by atoms with E-state index < -0.39 is 53.7 Å². The average Bonchev–Trinajstić information content (AvgIpc) is 2.61. The van der Waals surface area contributed by atoms with Crippen LogP contribution in [0.25, 0.3) is 20.7 Å². The molecule has 87 heavy (non-hydrogen) atoms.